The van der Waals surface area contributed by atoms with Gasteiger partial charge < -0.3 is 15.4 Å². The molecule has 0 unspecified atom stereocenters. The molecule has 0 saturated carbocycles. The van der Waals surface area contributed by atoms with Gasteiger partial charge in [-0.3, -0.25) is 4.79 Å². The van der Waals surface area contributed by atoms with Crippen LogP contribution in [0.5, 0.6) is 5.75 Å². The predicted octanol–water partition coefficient (Wildman–Crippen LogP) is 3.33. The summed E-state index contributed by atoms with van der Waals surface area (Å²) in [5, 5.41) is 0. The Kier molecular flexibility index (Phi) is 6.79. The number of rotatable bonds is 7. The fraction of sp³-hybridized carbons (Fsp3) is 0.471. The molecule has 4 nitrogen and oxygen atoms in total. The molecule has 0 aliphatic heterocycles. The van der Waals surface area contributed by atoms with Gasteiger partial charge in [0.15, 0.2) is 0 Å². The summed E-state index contributed by atoms with van der Waals surface area (Å²) in [6.07, 6.45) is 5.54. The second-order valence-electron chi connectivity index (χ2n) is 5.41. The summed E-state index contributed by atoms with van der Waals surface area (Å²) in [6.45, 7) is 6.80. The highest BCUT2D eigenvalue weighted by Crippen LogP contribution is 2.24. The zero-order valence-corrected chi connectivity index (χ0v) is 13.4. The minimum Gasteiger partial charge on any atom is -0.489 e. The molecule has 0 fully saturated rings. The molecule has 1 aromatic carbocycles. The highest BCUT2D eigenvalue weighted by Gasteiger charge is 2.05. The summed E-state index contributed by atoms with van der Waals surface area (Å²) in [5.74, 6) is 0.679. The SMILES string of the molecule is CCCCN(C)C(=O)/C=C\c1ccc(OC(C)C)c(N)c1. The van der Waals surface area contributed by atoms with Crippen molar-refractivity contribution < 1.29 is 9.53 Å². The molecule has 4 heteroatoms. The molecule has 0 aliphatic carbocycles. The lowest BCUT2D eigenvalue weighted by molar-refractivity contribution is -0.124. The molecule has 1 rings (SSSR count). The number of hydrogen-bond donors (Lipinski definition) is 1. The smallest absolute Gasteiger partial charge is 0.246 e. The summed E-state index contributed by atoms with van der Waals surface area (Å²) in [7, 11) is 1.82. The fourth-order valence-corrected chi connectivity index (χ4v) is 1.83. The molecule has 2 N–H and O–H groups in total. The van der Waals surface area contributed by atoms with Crippen LogP contribution in [-0.4, -0.2) is 30.5 Å². The first-order chi connectivity index (χ1) is 9.93. The lowest BCUT2D eigenvalue weighted by Crippen LogP contribution is -2.25. The number of anilines is 1. The summed E-state index contributed by atoms with van der Waals surface area (Å²) in [6, 6.07) is 5.54. The Balaban J connectivity index is 2.68. The highest BCUT2D eigenvalue weighted by molar-refractivity contribution is 5.91. The van der Waals surface area contributed by atoms with Crippen molar-refractivity contribution in [2.24, 2.45) is 0 Å². The number of benzene rings is 1. The third-order valence-electron chi connectivity index (χ3n) is 3.04. The standard InChI is InChI=1S/C17H26N2O2/c1-5-6-11-19(4)17(20)10-8-14-7-9-16(15(18)12-14)21-13(2)3/h7-10,12-13H,5-6,11,18H2,1-4H3/b10-8-. The molecular formula is C17H26N2O2. The minimum atomic E-state index is 0.00419. The molecule has 0 heterocycles. The zero-order chi connectivity index (χ0) is 15.8. The van der Waals surface area contributed by atoms with Crippen molar-refractivity contribution in [1.82, 2.24) is 4.90 Å². The normalized spacial score (nSPS) is 11.1. The van der Waals surface area contributed by atoms with Crippen LogP contribution in [0.25, 0.3) is 6.08 Å². The number of nitrogens with two attached hydrogens (primary N) is 1. The van der Waals surface area contributed by atoms with E-state index in [9.17, 15) is 4.79 Å². The average Bonchev–Trinajstić information content (AvgIpc) is 2.44. The van der Waals surface area contributed by atoms with Gasteiger partial charge in [-0.25, -0.2) is 0 Å². The maximum atomic E-state index is 11.9. The topological polar surface area (TPSA) is 55.6 Å². The summed E-state index contributed by atoms with van der Waals surface area (Å²) < 4.78 is 5.58. The molecule has 1 aromatic rings. The number of amides is 1. The van der Waals surface area contributed by atoms with Gasteiger partial charge in [-0.2, -0.15) is 0 Å². The van der Waals surface area contributed by atoms with Crippen LogP contribution in [0.3, 0.4) is 0 Å². The van der Waals surface area contributed by atoms with Crippen molar-refractivity contribution in [3.05, 3.63) is 29.8 Å². The van der Waals surface area contributed by atoms with E-state index in [0.717, 1.165) is 24.9 Å². The molecule has 1 amide bonds. The van der Waals surface area contributed by atoms with Crippen LogP contribution in [0.1, 0.15) is 39.2 Å². The Morgan fingerprint density at radius 2 is 2.14 bits per heavy atom. The maximum Gasteiger partial charge on any atom is 0.246 e. The Morgan fingerprint density at radius 3 is 2.71 bits per heavy atom. The monoisotopic (exact) mass is 290 g/mol. The van der Waals surface area contributed by atoms with E-state index in [1.807, 2.05) is 39.1 Å². The predicted molar refractivity (Wildman–Crippen MR) is 88.2 cm³/mol. The molecule has 0 saturated heterocycles. The van der Waals surface area contributed by atoms with Gasteiger partial charge in [0.1, 0.15) is 5.75 Å². The third kappa shape index (κ3) is 5.90. The molecule has 116 valence electrons. The lowest BCUT2D eigenvalue weighted by Gasteiger charge is -2.14. The molecule has 0 bridgehead atoms. The Labute approximate surface area is 127 Å². The van der Waals surface area contributed by atoms with Crippen LogP contribution in [0.4, 0.5) is 5.69 Å². The average molecular weight is 290 g/mol. The second-order valence-corrected chi connectivity index (χ2v) is 5.41. The van der Waals surface area contributed by atoms with Gasteiger partial charge in [-0.15, -0.1) is 0 Å². The van der Waals surface area contributed by atoms with E-state index in [1.54, 1.807) is 17.1 Å². The third-order valence-corrected chi connectivity index (χ3v) is 3.04. The molecular weight excluding hydrogens is 264 g/mol. The van der Waals surface area contributed by atoms with Crippen molar-refractivity contribution in [2.75, 3.05) is 19.3 Å². The number of likely N-dealkylation sites (N-methyl/N-ethyl adjacent to an activating group) is 1. The number of carbonyl (C=O) groups excluding carboxylic acids is 1. The molecule has 0 atom stereocenters. The van der Waals surface area contributed by atoms with E-state index >= 15 is 0 Å². The molecule has 21 heavy (non-hydrogen) atoms. The first-order valence-electron chi connectivity index (χ1n) is 7.43. The van der Waals surface area contributed by atoms with Crippen molar-refractivity contribution in [2.45, 2.75) is 39.7 Å². The number of unbranched alkanes of at least 4 members (excludes halogenated alkanes) is 1. The van der Waals surface area contributed by atoms with E-state index in [-0.39, 0.29) is 12.0 Å². The quantitative estimate of drug-likeness (QED) is 0.619. The van der Waals surface area contributed by atoms with Crippen molar-refractivity contribution >= 4 is 17.7 Å². The van der Waals surface area contributed by atoms with Gasteiger partial charge in [-0.1, -0.05) is 19.4 Å². The summed E-state index contributed by atoms with van der Waals surface area (Å²) >= 11 is 0. The minimum absolute atomic E-state index is 0.00419. The first-order valence-corrected chi connectivity index (χ1v) is 7.43. The van der Waals surface area contributed by atoms with Crippen LogP contribution in [-0.2, 0) is 4.79 Å². The number of nitrogens with zero attached hydrogens (tertiary/aromatic N) is 1. The number of carbonyl (C=O) groups is 1. The Hall–Kier alpha value is -1.97. The van der Waals surface area contributed by atoms with Crippen molar-refractivity contribution in [1.29, 1.82) is 0 Å². The van der Waals surface area contributed by atoms with Gasteiger partial charge >= 0.3 is 0 Å². The van der Waals surface area contributed by atoms with Crippen LogP contribution in [0.15, 0.2) is 24.3 Å². The zero-order valence-electron chi connectivity index (χ0n) is 13.4. The van der Waals surface area contributed by atoms with Gasteiger partial charge in [0, 0.05) is 19.7 Å². The summed E-state index contributed by atoms with van der Waals surface area (Å²) in [5.41, 5.74) is 7.42. The van der Waals surface area contributed by atoms with Gasteiger partial charge in [-0.05, 0) is 44.0 Å². The maximum absolute atomic E-state index is 11.9. The van der Waals surface area contributed by atoms with E-state index < -0.39 is 0 Å². The van der Waals surface area contributed by atoms with E-state index in [1.165, 1.54) is 0 Å². The van der Waals surface area contributed by atoms with E-state index in [0.29, 0.717) is 11.4 Å². The van der Waals surface area contributed by atoms with Crippen molar-refractivity contribution in [3.8, 4) is 5.75 Å². The van der Waals surface area contributed by atoms with Crippen LogP contribution >= 0.6 is 0 Å². The number of ether oxygens (including phenoxy) is 1. The second kappa shape index (κ2) is 8.35. The molecule has 0 spiro atoms. The highest BCUT2D eigenvalue weighted by atomic mass is 16.5. The number of nitrogen functional groups attached to an aromatic ring is 1. The van der Waals surface area contributed by atoms with Crippen LogP contribution in [0.2, 0.25) is 0 Å². The lowest BCUT2D eigenvalue weighted by atomic mass is 10.1. The van der Waals surface area contributed by atoms with Crippen LogP contribution < -0.4 is 10.5 Å². The Morgan fingerprint density at radius 1 is 1.43 bits per heavy atom. The van der Waals surface area contributed by atoms with E-state index in [2.05, 4.69) is 6.92 Å². The van der Waals surface area contributed by atoms with Gasteiger partial charge in [0.05, 0.1) is 11.8 Å². The first kappa shape index (κ1) is 17.1. The van der Waals surface area contributed by atoms with Gasteiger partial charge in [0.25, 0.3) is 0 Å². The van der Waals surface area contributed by atoms with Gasteiger partial charge in [0.2, 0.25) is 5.91 Å². The largest absolute Gasteiger partial charge is 0.489 e. The molecule has 0 aromatic heterocycles. The Bertz CT molecular complexity index is 496. The molecule has 0 radical (unpaired) electrons. The van der Waals surface area contributed by atoms with Crippen LogP contribution in [0, 0.1) is 0 Å². The van der Waals surface area contributed by atoms with E-state index in [4.69, 9.17) is 10.5 Å². The number of hydrogen-bond acceptors (Lipinski definition) is 3. The van der Waals surface area contributed by atoms with Crippen molar-refractivity contribution in [3.63, 3.8) is 0 Å². The fourth-order valence-electron chi connectivity index (χ4n) is 1.83. The summed E-state index contributed by atoms with van der Waals surface area (Å²) in [4.78, 5) is 13.6. The molecule has 0 aliphatic rings.